The van der Waals surface area contributed by atoms with Crippen LogP contribution >= 0.6 is 0 Å². The monoisotopic (exact) mass is 472 g/mol. The normalized spacial score (nSPS) is 10.9. The second-order valence-electron chi connectivity index (χ2n) is 6.97. The highest BCUT2D eigenvalue weighted by atomic mass is 32.2. The van der Waals surface area contributed by atoms with Crippen LogP contribution in [0.3, 0.4) is 0 Å². The molecule has 0 aromatic heterocycles. The average Bonchev–Trinajstić information content (AvgIpc) is 2.78. The van der Waals surface area contributed by atoms with Crippen LogP contribution in [-0.2, 0) is 19.6 Å². The number of hydrogen-bond acceptors (Lipinski definition) is 6. The Morgan fingerprint density at radius 2 is 1.70 bits per heavy atom. The van der Waals surface area contributed by atoms with Crippen molar-refractivity contribution in [1.82, 2.24) is 0 Å². The van der Waals surface area contributed by atoms with Gasteiger partial charge in [-0.2, -0.15) is 0 Å². The first kappa shape index (κ1) is 23.7. The third-order valence-electron chi connectivity index (χ3n) is 4.44. The number of carbonyl (C=O) groups is 2. The zero-order valence-electron chi connectivity index (χ0n) is 17.8. The number of hydrogen-bond donors (Lipinski definition) is 2. The van der Waals surface area contributed by atoms with Crippen LogP contribution in [0.15, 0.2) is 71.6 Å². The number of methoxy groups -OCH3 is 1. The first-order chi connectivity index (χ1) is 15.7. The lowest BCUT2D eigenvalue weighted by Crippen LogP contribution is -2.21. The summed E-state index contributed by atoms with van der Waals surface area (Å²) in [6.07, 6.45) is 0. The van der Waals surface area contributed by atoms with Gasteiger partial charge in [-0.1, -0.05) is 23.8 Å². The molecule has 0 aliphatic carbocycles. The largest absolute Gasteiger partial charge is 0.495 e. The summed E-state index contributed by atoms with van der Waals surface area (Å²) >= 11 is 0. The molecule has 172 valence electrons. The number of esters is 1. The highest BCUT2D eigenvalue weighted by molar-refractivity contribution is 7.92. The van der Waals surface area contributed by atoms with E-state index in [0.717, 1.165) is 17.7 Å². The summed E-state index contributed by atoms with van der Waals surface area (Å²) in [6, 6.07) is 15.7. The highest BCUT2D eigenvalue weighted by Crippen LogP contribution is 2.27. The molecular weight excluding hydrogens is 451 g/mol. The molecule has 0 radical (unpaired) electrons. The van der Waals surface area contributed by atoms with Gasteiger partial charge in [0.1, 0.15) is 16.5 Å². The lowest BCUT2D eigenvalue weighted by molar-refractivity contribution is -0.119. The Morgan fingerprint density at radius 3 is 2.36 bits per heavy atom. The SMILES string of the molecule is COc1ccc(C(=O)OCC(=O)Nc2cccc(F)c2)cc1S(=O)(=O)Nc1ccc(C)cc1. The van der Waals surface area contributed by atoms with E-state index in [2.05, 4.69) is 10.0 Å². The summed E-state index contributed by atoms with van der Waals surface area (Å²) in [7, 11) is -2.80. The van der Waals surface area contributed by atoms with E-state index in [1.807, 2.05) is 6.92 Å². The molecule has 0 heterocycles. The standard InChI is InChI=1S/C23H21FN2O6S/c1-15-6-9-18(10-7-15)26-33(29,30)21-12-16(8-11-20(21)31-2)23(28)32-14-22(27)25-19-5-3-4-17(24)13-19/h3-13,26H,14H2,1-2H3,(H,25,27). The maximum atomic E-state index is 13.2. The van der Waals surface area contributed by atoms with Gasteiger partial charge in [0.25, 0.3) is 15.9 Å². The predicted octanol–water partition coefficient (Wildman–Crippen LogP) is 3.74. The number of ether oxygens (including phenoxy) is 2. The Kier molecular flexibility index (Phi) is 7.29. The fourth-order valence-electron chi connectivity index (χ4n) is 2.82. The number of carbonyl (C=O) groups excluding carboxylic acids is 2. The van der Waals surface area contributed by atoms with Gasteiger partial charge in [0.15, 0.2) is 6.61 Å². The maximum absolute atomic E-state index is 13.2. The van der Waals surface area contributed by atoms with E-state index in [0.29, 0.717) is 5.69 Å². The fourth-order valence-corrected chi connectivity index (χ4v) is 4.08. The van der Waals surface area contributed by atoms with Crippen LogP contribution in [-0.4, -0.2) is 34.0 Å². The summed E-state index contributed by atoms with van der Waals surface area (Å²) in [4.78, 5) is 24.1. The lowest BCUT2D eigenvalue weighted by atomic mass is 10.2. The Bertz CT molecular complexity index is 1280. The van der Waals surface area contributed by atoms with Gasteiger partial charge in [-0.25, -0.2) is 17.6 Å². The van der Waals surface area contributed by atoms with Crippen LogP contribution in [0.5, 0.6) is 5.75 Å². The van der Waals surface area contributed by atoms with E-state index in [4.69, 9.17) is 9.47 Å². The van der Waals surface area contributed by atoms with Crippen molar-refractivity contribution in [2.24, 2.45) is 0 Å². The third-order valence-corrected chi connectivity index (χ3v) is 5.84. The molecular formula is C23H21FN2O6S. The fraction of sp³-hybridized carbons (Fsp3) is 0.130. The van der Waals surface area contributed by atoms with Crippen molar-refractivity contribution in [2.45, 2.75) is 11.8 Å². The van der Waals surface area contributed by atoms with Crippen molar-refractivity contribution in [1.29, 1.82) is 0 Å². The minimum absolute atomic E-state index is 0.0232. The molecule has 0 fully saturated rings. The number of nitrogens with one attached hydrogen (secondary N) is 2. The van der Waals surface area contributed by atoms with Crippen molar-refractivity contribution in [3.8, 4) is 5.75 Å². The molecule has 33 heavy (non-hydrogen) atoms. The Balaban J connectivity index is 1.73. The topological polar surface area (TPSA) is 111 Å². The zero-order chi connectivity index (χ0) is 24.0. The molecule has 3 aromatic rings. The summed E-state index contributed by atoms with van der Waals surface area (Å²) in [5.41, 5.74) is 1.40. The second-order valence-corrected chi connectivity index (χ2v) is 8.62. The summed E-state index contributed by atoms with van der Waals surface area (Å²) in [6.45, 7) is 1.22. The second kappa shape index (κ2) is 10.1. The molecule has 10 heteroatoms. The molecule has 1 amide bonds. The molecule has 0 spiro atoms. The number of aryl methyl sites for hydroxylation is 1. The van der Waals surface area contributed by atoms with Crippen LogP contribution in [0.2, 0.25) is 0 Å². The Morgan fingerprint density at radius 1 is 0.970 bits per heavy atom. The van der Waals surface area contributed by atoms with E-state index < -0.39 is 34.3 Å². The van der Waals surface area contributed by atoms with Gasteiger partial charge < -0.3 is 14.8 Å². The molecule has 3 aromatic carbocycles. The van der Waals surface area contributed by atoms with E-state index >= 15 is 0 Å². The Hall–Kier alpha value is -3.92. The number of sulfonamides is 1. The molecule has 0 bridgehead atoms. The summed E-state index contributed by atoms with van der Waals surface area (Å²) in [5, 5.41) is 2.39. The molecule has 0 atom stereocenters. The highest BCUT2D eigenvalue weighted by Gasteiger charge is 2.23. The minimum atomic E-state index is -4.10. The van der Waals surface area contributed by atoms with Crippen LogP contribution in [0.1, 0.15) is 15.9 Å². The van der Waals surface area contributed by atoms with Gasteiger partial charge in [-0.3, -0.25) is 9.52 Å². The van der Waals surface area contributed by atoms with E-state index in [-0.39, 0.29) is 21.9 Å². The predicted molar refractivity (Wildman–Crippen MR) is 120 cm³/mol. The number of halogens is 1. The molecule has 0 saturated heterocycles. The first-order valence-electron chi connectivity index (χ1n) is 9.68. The molecule has 8 nitrogen and oxygen atoms in total. The molecule has 3 rings (SSSR count). The first-order valence-corrected chi connectivity index (χ1v) is 11.2. The molecule has 0 unspecified atom stereocenters. The quantitative estimate of drug-likeness (QED) is 0.483. The number of rotatable bonds is 8. The molecule has 0 aliphatic heterocycles. The zero-order valence-corrected chi connectivity index (χ0v) is 18.6. The van der Waals surface area contributed by atoms with Crippen LogP contribution in [0.4, 0.5) is 15.8 Å². The van der Waals surface area contributed by atoms with Crippen molar-refractivity contribution < 1.29 is 31.9 Å². The van der Waals surface area contributed by atoms with E-state index in [1.54, 1.807) is 24.3 Å². The van der Waals surface area contributed by atoms with Crippen molar-refractivity contribution in [3.63, 3.8) is 0 Å². The van der Waals surface area contributed by atoms with Crippen LogP contribution < -0.4 is 14.8 Å². The van der Waals surface area contributed by atoms with Gasteiger partial charge in [0, 0.05) is 11.4 Å². The van der Waals surface area contributed by atoms with Gasteiger partial charge >= 0.3 is 5.97 Å². The molecule has 2 N–H and O–H groups in total. The van der Waals surface area contributed by atoms with Crippen LogP contribution in [0.25, 0.3) is 0 Å². The smallest absolute Gasteiger partial charge is 0.338 e. The van der Waals surface area contributed by atoms with E-state index in [9.17, 15) is 22.4 Å². The molecule has 0 saturated carbocycles. The van der Waals surface area contributed by atoms with Crippen molar-refractivity contribution >= 4 is 33.3 Å². The van der Waals surface area contributed by atoms with Gasteiger partial charge in [-0.05, 0) is 55.5 Å². The Labute approximate surface area is 190 Å². The number of anilines is 2. The molecule has 0 aliphatic rings. The van der Waals surface area contributed by atoms with Gasteiger partial charge in [-0.15, -0.1) is 0 Å². The van der Waals surface area contributed by atoms with Crippen LogP contribution in [0, 0.1) is 12.7 Å². The number of amides is 1. The minimum Gasteiger partial charge on any atom is -0.495 e. The van der Waals surface area contributed by atoms with Crippen molar-refractivity contribution in [2.75, 3.05) is 23.8 Å². The van der Waals surface area contributed by atoms with Gasteiger partial charge in [0.2, 0.25) is 0 Å². The van der Waals surface area contributed by atoms with Gasteiger partial charge in [0.05, 0.1) is 12.7 Å². The van der Waals surface area contributed by atoms with E-state index in [1.165, 1.54) is 37.4 Å². The third kappa shape index (κ3) is 6.30. The summed E-state index contributed by atoms with van der Waals surface area (Å²) in [5.74, 6) is -2.11. The summed E-state index contributed by atoms with van der Waals surface area (Å²) < 4.78 is 51.5. The van der Waals surface area contributed by atoms with Crippen molar-refractivity contribution in [3.05, 3.63) is 83.7 Å². The average molecular weight is 472 g/mol. The maximum Gasteiger partial charge on any atom is 0.338 e. The lowest BCUT2D eigenvalue weighted by Gasteiger charge is -2.13. The number of benzene rings is 3.